The van der Waals surface area contributed by atoms with Gasteiger partial charge in [0.05, 0.1) is 5.75 Å². The summed E-state index contributed by atoms with van der Waals surface area (Å²) in [6.45, 7) is 2.05. The lowest BCUT2D eigenvalue weighted by molar-refractivity contribution is -0.119. The lowest BCUT2D eigenvalue weighted by Gasteiger charge is -2.12. The molecule has 0 aliphatic rings. The Kier molecular flexibility index (Phi) is 7.84. The molecule has 25 heavy (non-hydrogen) atoms. The summed E-state index contributed by atoms with van der Waals surface area (Å²) in [5, 5.41) is 4.13. The van der Waals surface area contributed by atoms with Gasteiger partial charge in [0.15, 0.2) is 5.11 Å². The molecule has 3 N–H and O–H groups in total. The molecule has 0 bridgehead atoms. The number of hydrazine groups is 1. The van der Waals surface area contributed by atoms with Crippen molar-refractivity contribution in [2.24, 2.45) is 0 Å². The van der Waals surface area contributed by atoms with E-state index in [1.807, 2.05) is 6.92 Å². The molecule has 0 saturated carbocycles. The number of thiocarbonyl (C=S) groups is 1. The van der Waals surface area contributed by atoms with Crippen LogP contribution in [0.25, 0.3) is 0 Å². The van der Waals surface area contributed by atoms with E-state index in [1.54, 1.807) is 18.2 Å². The molecule has 0 saturated heterocycles. The summed E-state index contributed by atoms with van der Waals surface area (Å²) in [5.41, 5.74) is 8.24. The zero-order chi connectivity index (χ0) is 18.2. The smallest absolute Gasteiger partial charge is 0.248 e. The second-order valence-corrected chi connectivity index (χ2v) is 7.53. The Morgan fingerprint density at radius 2 is 1.72 bits per heavy atom. The summed E-state index contributed by atoms with van der Waals surface area (Å²) in [6.07, 6.45) is 0. The van der Waals surface area contributed by atoms with Gasteiger partial charge in [-0.1, -0.05) is 53.0 Å². The number of aryl methyl sites for hydroxylation is 1. The van der Waals surface area contributed by atoms with Crippen LogP contribution in [0.4, 0.5) is 5.69 Å². The van der Waals surface area contributed by atoms with Crippen molar-refractivity contribution in [1.29, 1.82) is 0 Å². The molecule has 132 valence electrons. The highest BCUT2D eigenvalue weighted by molar-refractivity contribution is 7.99. The van der Waals surface area contributed by atoms with Crippen LogP contribution in [0.1, 0.15) is 11.1 Å². The van der Waals surface area contributed by atoms with Crippen molar-refractivity contribution in [3.63, 3.8) is 0 Å². The molecule has 0 spiro atoms. The first-order valence-electron chi connectivity index (χ1n) is 7.37. The monoisotopic (exact) mass is 413 g/mol. The Morgan fingerprint density at radius 3 is 2.36 bits per heavy atom. The van der Waals surface area contributed by atoms with E-state index in [2.05, 4.69) is 40.4 Å². The number of carbonyl (C=O) groups excluding carboxylic acids is 1. The van der Waals surface area contributed by atoms with Crippen LogP contribution in [0.2, 0.25) is 10.0 Å². The third-order valence-electron chi connectivity index (χ3n) is 3.06. The van der Waals surface area contributed by atoms with Crippen LogP contribution in [0.3, 0.4) is 0 Å². The molecule has 0 aliphatic carbocycles. The quantitative estimate of drug-likeness (QED) is 0.495. The highest BCUT2D eigenvalue weighted by Crippen LogP contribution is 2.22. The molecule has 0 aromatic heterocycles. The molecule has 0 radical (unpaired) electrons. The first-order valence-corrected chi connectivity index (χ1v) is 9.69. The van der Waals surface area contributed by atoms with E-state index < -0.39 is 0 Å². The maximum atomic E-state index is 11.8. The van der Waals surface area contributed by atoms with Gasteiger partial charge in [0.2, 0.25) is 5.91 Å². The third kappa shape index (κ3) is 7.52. The average molecular weight is 414 g/mol. The molecule has 0 unspecified atom stereocenters. The van der Waals surface area contributed by atoms with Crippen LogP contribution in [0, 0.1) is 6.92 Å². The van der Waals surface area contributed by atoms with Gasteiger partial charge in [-0.3, -0.25) is 15.6 Å². The molecule has 1 amide bonds. The first kappa shape index (κ1) is 19.8. The average Bonchev–Trinajstić information content (AvgIpc) is 2.54. The Labute approximate surface area is 166 Å². The number of hydrogen-bond acceptors (Lipinski definition) is 3. The van der Waals surface area contributed by atoms with Crippen LogP contribution in [0.5, 0.6) is 0 Å². The maximum Gasteiger partial charge on any atom is 0.248 e. The number of thioether (sulfide) groups is 1. The van der Waals surface area contributed by atoms with Gasteiger partial charge in [-0.25, -0.2) is 0 Å². The molecule has 0 fully saturated rings. The van der Waals surface area contributed by atoms with Crippen LogP contribution in [0.15, 0.2) is 42.5 Å². The van der Waals surface area contributed by atoms with Gasteiger partial charge in [-0.05, 0) is 42.9 Å². The Balaban J connectivity index is 1.68. The second kappa shape index (κ2) is 9.87. The minimum absolute atomic E-state index is 0.162. The Bertz CT molecular complexity index is 734. The summed E-state index contributed by atoms with van der Waals surface area (Å²) in [7, 11) is 0. The number of halogens is 2. The molecule has 2 rings (SSSR count). The minimum Gasteiger partial charge on any atom is -0.331 e. The maximum absolute atomic E-state index is 11.8. The van der Waals surface area contributed by atoms with Gasteiger partial charge in [0, 0.05) is 21.5 Å². The number of carbonyl (C=O) groups is 1. The molecule has 4 nitrogen and oxygen atoms in total. The fraction of sp³-hybridized carbons (Fsp3) is 0.176. The lowest BCUT2D eigenvalue weighted by Crippen LogP contribution is -2.44. The van der Waals surface area contributed by atoms with Crippen LogP contribution >= 0.6 is 47.2 Å². The van der Waals surface area contributed by atoms with Crippen LogP contribution in [-0.4, -0.2) is 16.8 Å². The van der Waals surface area contributed by atoms with Crippen molar-refractivity contribution in [2.45, 2.75) is 12.7 Å². The summed E-state index contributed by atoms with van der Waals surface area (Å²) in [4.78, 5) is 11.8. The second-order valence-electron chi connectivity index (χ2n) is 5.26. The molecule has 0 heterocycles. The molecule has 0 atom stereocenters. The number of rotatable bonds is 5. The molecule has 8 heteroatoms. The molecule has 2 aromatic rings. The highest BCUT2D eigenvalue weighted by Gasteiger charge is 2.04. The zero-order valence-electron chi connectivity index (χ0n) is 13.4. The van der Waals surface area contributed by atoms with Crippen LogP contribution < -0.4 is 16.2 Å². The fourth-order valence-electron chi connectivity index (χ4n) is 1.90. The van der Waals surface area contributed by atoms with E-state index in [0.717, 1.165) is 5.75 Å². The van der Waals surface area contributed by atoms with E-state index in [9.17, 15) is 4.79 Å². The van der Waals surface area contributed by atoms with Crippen molar-refractivity contribution in [3.8, 4) is 0 Å². The number of hydrogen-bond donors (Lipinski definition) is 3. The SMILES string of the molecule is Cc1ccc(CSCC(=O)NNC(=S)Nc2cc(Cl)cc(Cl)c2)cc1. The van der Waals surface area contributed by atoms with Gasteiger partial charge >= 0.3 is 0 Å². The summed E-state index contributed by atoms with van der Waals surface area (Å²) >= 11 is 18.5. The van der Waals surface area contributed by atoms with Crippen LogP contribution in [-0.2, 0) is 10.5 Å². The molecular formula is C17H17Cl2N3OS2. The summed E-state index contributed by atoms with van der Waals surface area (Å²) in [5.74, 6) is 0.939. The van der Waals surface area contributed by atoms with E-state index in [4.69, 9.17) is 35.4 Å². The summed E-state index contributed by atoms with van der Waals surface area (Å²) in [6, 6.07) is 13.2. The van der Waals surface area contributed by atoms with Crippen molar-refractivity contribution in [3.05, 3.63) is 63.6 Å². The van der Waals surface area contributed by atoms with Gasteiger partial charge in [-0.2, -0.15) is 0 Å². The van der Waals surface area contributed by atoms with E-state index in [0.29, 0.717) is 21.5 Å². The predicted molar refractivity (Wildman–Crippen MR) is 111 cm³/mol. The molecule has 0 aliphatic heterocycles. The Hall–Kier alpha value is -1.47. The van der Waals surface area contributed by atoms with E-state index in [1.165, 1.54) is 22.9 Å². The van der Waals surface area contributed by atoms with Gasteiger partial charge < -0.3 is 5.32 Å². The highest BCUT2D eigenvalue weighted by atomic mass is 35.5. The summed E-state index contributed by atoms with van der Waals surface area (Å²) < 4.78 is 0. The van der Waals surface area contributed by atoms with Gasteiger partial charge in [0.1, 0.15) is 0 Å². The molecule has 2 aromatic carbocycles. The van der Waals surface area contributed by atoms with E-state index in [-0.39, 0.29) is 11.0 Å². The first-order chi connectivity index (χ1) is 11.9. The standard InChI is InChI=1S/C17H17Cl2N3OS2/c1-11-2-4-12(5-3-11)9-25-10-16(23)21-22-17(24)20-15-7-13(18)6-14(19)8-15/h2-8H,9-10H2,1H3,(H,21,23)(H2,20,22,24). The van der Waals surface area contributed by atoms with Gasteiger partial charge in [0.25, 0.3) is 0 Å². The minimum atomic E-state index is -0.162. The van der Waals surface area contributed by atoms with Crippen molar-refractivity contribution in [1.82, 2.24) is 10.9 Å². The Morgan fingerprint density at radius 1 is 1.08 bits per heavy atom. The van der Waals surface area contributed by atoms with Crippen molar-refractivity contribution < 1.29 is 4.79 Å². The predicted octanol–water partition coefficient (Wildman–Crippen LogP) is 4.55. The number of anilines is 1. The fourth-order valence-corrected chi connectivity index (χ4v) is 3.38. The normalized spacial score (nSPS) is 10.2. The third-order valence-corrected chi connectivity index (χ3v) is 4.70. The lowest BCUT2D eigenvalue weighted by atomic mass is 10.2. The molecular weight excluding hydrogens is 397 g/mol. The van der Waals surface area contributed by atoms with E-state index >= 15 is 0 Å². The van der Waals surface area contributed by atoms with Gasteiger partial charge in [-0.15, -0.1) is 11.8 Å². The van der Waals surface area contributed by atoms with Crippen molar-refractivity contribution in [2.75, 3.05) is 11.1 Å². The van der Waals surface area contributed by atoms with Crippen molar-refractivity contribution >= 4 is 63.9 Å². The number of amides is 1. The largest absolute Gasteiger partial charge is 0.331 e. The number of nitrogens with one attached hydrogen (secondary N) is 3. The number of benzene rings is 2. The topological polar surface area (TPSA) is 53.2 Å². The zero-order valence-corrected chi connectivity index (χ0v) is 16.6.